The van der Waals surface area contributed by atoms with Gasteiger partial charge in [0.2, 0.25) is 0 Å². The number of aromatic nitrogens is 1. The molecule has 0 saturated heterocycles. The number of hydrogen-bond donors (Lipinski definition) is 1. The Morgan fingerprint density at radius 2 is 1.86 bits per heavy atom. The summed E-state index contributed by atoms with van der Waals surface area (Å²) < 4.78 is 5.40. The molecule has 1 heterocycles. The molecule has 2 rings (SSSR count). The molecular formula is C17H20N2O2. The minimum atomic E-state index is -0.0831. The fourth-order valence-electron chi connectivity index (χ4n) is 2.15. The van der Waals surface area contributed by atoms with Gasteiger partial charge in [-0.1, -0.05) is 6.07 Å². The molecule has 110 valence electrons. The third-order valence-electron chi connectivity index (χ3n) is 3.52. The first-order chi connectivity index (χ1) is 10.1. The van der Waals surface area contributed by atoms with Crippen molar-refractivity contribution in [3.05, 3.63) is 58.9 Å². The standard InChI is InChI=1S/C17H20N2O2/c1-12-10-15(16(21-3)11-13(12)2)6-9-19-17(20)14-4-7-18-8-5-14/h4-5,7-8,10-11H,6,9H2,1-3H3,(H,19,20). The van der Waals surface area contributed by atoms with E-state index in [1.807, 2.05) is 6.07 Å². The third-order valence-corrected chi connectivity index (χ3v) is 3.52. The van der Waals surface area contributed by atoms with E-state index in [4.69, 9.17) is 4.74 Å². The van der Waals surface area contributed by atoms with Gasteiger partial charge in [0.05, 0.1) is 7.11 Å². The van der Waals surface area contributed by atoms with E-state index in [0.717, 1.165) is 17.7 Å². The molecule has 0 aliphatic heterocycles. The van der Waals surface area contributed by atoms with Gasteiger partial charge in [0.25, 0.3) is 5.91 Å². The quantitative estimate of drug-likeness (QED) is 0.918. The molecule has 0 atom stereocenters. The molecule has 1 aromatic heterocycles. The number of ether oxygens (including phenoxy) is 1. The molecule has 1 N–H and O–H groups in total. The number of aryl methyl sites for hydroxylation is 2. The van der Waals surface area contributed by atoms with E-state index < -0.39 is 0 Å². The van der Waals surface area contributed by atoms with Crippen molar-refractivity contribution in [2.75, 3.05) is 13.7 Å². The van der Waals surface area contributed by atoms with Crippen LogP contribution < -0.4 is 10.1 Å². The number of carbonyl (C=O) groups excluding carboxylic acids is 1. The second-order valence-electron chi connectivity index (χ2n) is 4.99. The average molecular weight is 284 g/mol. The van der Waals surface area contributed by atoms with E-state index in [-0.39, 0.29) is 5.91 Å². The zero-order valence-electron chi connectivity index (χ0n) is 12.6. The van der Waals surface area contributed by atoms with Gasteiger partial charge < -0.3 is 10.1 Å². The second-order valence-corrected chi connectivity index (χ2v) is 4.99. The maximum Gasteiger partial charge on any atom is 0.251 e. The first kappa shape index (κ1) is 15.0. The van der Waals surface area contributed by atoms with Gasteiger partial charge in [-0.05, 0) is 55.2 Å². The Morgan fingerprint density at radius 3 is 2.52 bits per heavy atom. The number of pyridine rings is 1. The molecule has 0 radical (unpaired) electrons. The molecule has 2 aromatic rings. The Labute approximate surface area is 125 Å². The number of nitrogens with zero attached hydrogens (tertiary/aromatic N) is 1. The Kier molecular flexibility index (Phi) is 4.93. The fourth-order valence-corrected chi connectivity index (χ4v) is 2.15. The van der Waals surface area contributed by atoms with Gasteiger partial charge in [-0.25, -0.2) is 0 Å². The van der Waals surface area contributed by atoms with Crippen LogP contribution in [-0.2, 0) is 6.42 Å². The van der Waals surface area contributed by atoms with Gasteiger partial charge >= 0.3 is 0 Å². The van der Waals surface area contributed by atoms with Crippen LogP contribution in [0.5, 0.6) is 5.75 Å². The van der Waals surface area contributed by atoms with Crippen LogP contribution in [0.4, 0.5) is 0 Å². The van der Waals surface area contributed by atoms with E-state index in [1.165, 1.54) is 11.1 Å². The molecule has 0 aliphatic rings. The number of benzene rings is 1. The van der Waals surface area contributed by atoms with Crippen molar-refractivity contribution < 1.29 is 9.53 Å². The van der Waals surface area contributed by atoms with Crippen LogP contribution in [0.15, 0.2) is 36.7 Å². The lowest BCUT2D eigenvalue weighted by molar-refractivity contribution is 0.0954. The lowest BCUT2D eigenvalue weighted by Gasteiger charge is -2.12. The number of methoxy groups -OCH3 is 1. The highest BCUT2D eigenvalue weighted by molar-refractivity contribution is 5.93. The highest BCUT2D eigenvalue weighted by Crippen LogP contribution is 2.23. The minimum Gasteiger partial charge on any atom is -0.496 e. The summed E-state index contributed by atoms with van der Waals surface area (Å²) in [6.45, 7) is 4.71. The van der Waals surface area contributed by atoms with Crippen LogP contribution >= 0.6 is 0 Å². The number of amides is 1. The lowest BCUT2D eigenvalue weighted by atomic mass is 10.0. The van der Waals surface area contributed by atoms with Crippen molar-refractivity contribution in [1.29, 1.82) is 0 Å². The summed E-state index contributed by atoms with van der Waals surface area (Å²) in [5.41, 5.74) is 4.16. The Bertz CT molecular complexity index is 624. The summed E-state index contributed by atoms with van der Waals surface area (Å²) >= 11 is 0. The molecule has 4 nitrogen and oxygen atoms in total. The van der Waals surface area contributed by atoms with Crippen LogP contribution in [0.3, 0.4) is 0 Å². The molecule has 0 fully saturated rings. The van der Waals surface area contributed by atoms with Gasteiger partial charge in [0, 0.05) is 24.5 Å². The maximum absolute atomic E-state index is 11.9. The van der Waals surface area contributed by atoms with Crippen LogP contribution in [0, 0.1) is 13.8 Å². The summed E-state index contributed by atoms with van der Waals surface area (Å²) in [4.78, 5) is 15.8. The van der Waals surface area contributed by atoms with Gasteiger partial charge in [0.15, 0.2) is 0 Å². The number of hydrogen-bond acceptors (Lipinski definition) is 3. The normalized spacial score (nSPS) is 10.2. The molecule has 21 heavy (non-hydrogen) atoms. The van der Waals surface area contributed by atoms with Crippen LogP contribution in [0.2, 0.25) is 0 Å². The summed E-state index contributed by atoms with van der Waals surface area (Å²) in [7, 11) is 1.67. The molecular weight excluding hydrogens is 264 g/mol. The molecule has 0 unspecified atom stereocenters. The highest BCUT2D eigenvalue weighted by Gasteiger charge is 2.08. The SMILES string of the molecule is COc1cc(C)c(C)cc1CCNC(=O)c1ccncc1. The number of carbonyl (C=O) groups is 1. The predicted molar refractivity (Wildman–Crippen MR) is 82.7 cm³/mol. The summed E-state index contributed by atoms with van der Waals surface area (Å²) in [6.07, 6.45) is 3.96. The first-order valence-electron chi connectivity index (χ1n) is 6.94. The molecule has 1 aromatic carbocycles. The molecule has 0 spiro atoms. The van der Waals surface area contributed by atoms with Crippen molar-refractivity contribution in [3.8, 4) is 5.75 Å². The lowest BCUT2D eigenvalue weighted by Crippen LogP contribution is -2.25. The van der Waals surface area contributed by atoms with E-state index in [9.17, 15) is 4.79 Å². The largest absolute Gasteiger partial charge is 0.496 e. The van der Waals surface area contributed by atoms with Gasteiger partial charge in [-0.15, -0.1) is 0 Å². The van der Waals surface area contributed by atoms with E-state index in [0.29, 0.717) is 12.1 Å². The van der Waals surface area contributed by atoms with E-state index in [1.54, 1.807) is 31.6 Å². The molecule has 0 saturated carbocycles. The summed E-state index contributed by atoms with van der Waals surface area (Å²) in [5.74, 6) is 0.788. The summed E-state index contributed by atoms with van der Waals surface area (Å²) in [5, 5.41) is 2.91. The topological polar surface area (TPSA) is 51.2 Å². The van der Waals surface area contributed by atoms with Crippen LogP contribution in [0.1, 0.15) is 27.0 Å². The van der Waals surface area contributed by atoms with Crippen molar-refractivity contribution in [1.82, 2.24) is 10.3 Å². The molecule has 4 heteroatoms. The minimum absolute atomic E-state index is 0.0831. The number of nitrogens with one attached hydrogen (secondary N) is 1. The van der Waals surface area contributed by atoms with E-state index >= 15 is 0 Å². The zero-order valence-corrected chi connectivity index (χ0v) is 12.6. The van der Waals surface area contributed by atoms with Crippen molar-refractivity contribution >= 4 is 5.91 Å². The van der Waals surface area contributed by atoms with Crippen LogP contribution in [0.25, 0.3) is 0 Å². The summed E-state index contributed by atoms with van der Waals surface area (Å²) in [6, 6.07) is 7.56. The van der Waals surface area contributed by atoms with Crippen molar-refractivity contribution in [2.24, 2.45) is 0 Å². The Balaban J connectivity index is 1.98. The molecule has 0 bridgehead atoms. The molecule has 1 amide bonds. The monoisotopic (exact) mass is 284 g/mol. The fraction of sp³-hybridized carbons (Fsp3) is 0.294. The predicted octanol–water partition coefficient (Wildman–Crippen LogP) is 2.68. The highest BCUT2D eigenvalue weighted by atomic mass is 16.5. The van der Waals surface area contributed by atoms with Crippen LogP contribution in [-0.4, -0.2) is 24.5 Å². The van der Waals surface area contributed by atoms with E-state index in [2.05, 4.69) is 30.2 Å². The zero-order chi connectivity index (χ0) is 15.2. The van der Waals surface area contributed by atoms with Gasteiger partial charge in [0.1, 0.15) is 5.75 Å². The Hall–Kier alpha value is -2.36. The average Bonchev–Trinajstić information content (AvgIpc) is 2.51. The van der Waals surface area contributed by atoms with Gasteiger partial charge in [-0.3, -0.25) is 9.78 Å². The maximum atomic E-state index is 11.9. The number of rotatable bonds is 5. The Morgan fingerprint density at radius 1 is 1.19 bits per heavy atom. The van der Waals surface area contributed by atoms with Crippen molar-refractivity contribution in [3.63, 3.8) is 0 Å². The van der Waals surface area contributed by atoms with Crippen molar-refractivity contribution in [2.45, 2.75) is 20.3 Å². The third kappa shape index (κ3) is 3.81. The second kappa shape index (κ2) is 6.88. The first-order valence-corrected chi connectivity index (χ1v) is 6.94. The van der Waals surface area contributed by atoms with Gasteiger partial charge in [-0.2, -0.15) is 0 Å². The smallest absolute Gasteiger partial charge is 0.251 e. The molecule has 0 aliphatic carbocycles.